The molecule has 0 unspecified atom stereocenters. The minimum atomic E-state index is 0.575. The molecule has 0 aliphatic heterocycles. The van der Waals surface area contributed by atoms with Gasteiger partial charge in [0, 0.05) is 33.0 Å². The maximum Gasteiger partial charge on any atom is 0.158 e. The van der Waals surface area contributed by atoms with Crippen LogP contribution in [0.15, 0.2) is 0 Å². The van der Waals surface area contributed by atoms with Crippen LogP contribution in [0.25, 0.3) is 11.2 Å². The van der Waals surface area contributed by atoms with Crippen molar-refractivity contribution in [2.24, 2.45) is 7.05 Å². The minimum Gasteiger partial charge on any atom is -0.383 e. The van der Waals surface area contributed by atoms with Gasteiger partial charge in [-0.3, -0.25) is 4.68 Å². The number of ether oxygens (including phenoxy) is 1. The normalized spacial score (nSPS) is 11.6. The molecule has 0 fully saturated rings. The summed E-state index contributed by atoms with van der Waals surface area (Å²) in [7, 11) is 3.66. The quantitative estimate of drug-likeness (QED) is 0.752. The van der Waals surface area contributed by atoms with E-state index in [1.807, 2.05) is 11.7 Å². The highest BCUT2D eigenvalue weighted by Gasteiger charge is 2.17. The summed E-state index contributed by atoms with van der Waals surface area (Å²) < 4.78 is 9.22. The van der Waals surface area contributed by atoms with Gasteiger partial charge in [-0.1, -0.05) is 6.92 Å². The highest BCUT2D eigenvalue weighted by molar-refractivity contribution is 6.17. The van der Waals surface area contributed by atoms with Crippen molar-refractivity contribution >= 4 is 22.8 Å². The molecule has 0 amide bonds. The fourth-order valence-electron chi connectivity index (χ4n) is 2.22. The smallest absolute Gasteiger partial charge is 0.158 e. The molecule has 0 saturated carbocycles. The lowest BCUT2D eigenvalue weighted by atomic mass is 10.3. The van der Waals surface area contributed by atoms with Crippen LogP contribution >= 0.6 is 11.6 Å². The van der Waals surface area contributed by atoms with Crippen LogP contribution in [0.4, 0.5) is 0 Å². The molecule has 0 atom stereocenters. The molecule has 2 heterocycles. The number of aryl methyl sites for hydroxylation is 3. The molecule has 2 aromatic heterocycles. The van der Waals surface area contributed by atoms with Crippen LogP contribution < -0.4 is 0 Å². The van der Waals surface area contributed by atoms with Gasteiger partial charge in [-0.05, 0) is 6.42 Å². The Hall–Kier alpha value is -1.07. The molecule has 0 spiro atoms. The van der Waals surface area contributed by atoms with Gasteiger partial charge in [-0.2, -0.15) is 5.10 Å². The third-order valence-corrected chi connectivity index (χ3v) is 3.23. The van der Waals surface area contributed by atoms with Crippen LogP contribution in [0.1, 0.15) is 18.4 Å². The molecule has 5 nitrogen and oxygen atoms in total. The maximum atomic E-state index is 5.84. The van der Waals surface area contributed by atoms with E-state index in [2.05, 4.69) is 21.6 Å². The minimum absolute atomic E-state index is 0.575. The van der Waals surface area contributed by atoms with Gasteiger partial charge in [0.25, 0.3) is 0 Å². The number of rotatable bonds is 6. The third-order valence-electron chi connectivity index (χ3n) is 3.04. The van der Waals surface area contributed by atoms with E-state index in [9.17, 15) is 0 Å². The number of halogens is 1. The second-order valence-corrected chi connectivity index (χ2v) is 4.59. The van der Waals surface area contributed by atoms with Crippen molar-refractivity contribution in [1.29, 1.82) is 0 Å². The van der Waals surface area contributed by atoms with Crippen molar-refractivity contribution in [3.05, 3.63) is 11.5 Å². The third kappa shape index (κ3) is 2.24. The molecule has 6 heteroatoms. The van der Waals surface area contributed by atoms with Crippen molar-refractivity contribution in [2.45, 2.75) is 26.3 Å². The molecule has 0 radical (unpaired) electrons. The summed E-state index contributed by atoms with van der Waals surface area (Å²) in [6.45, 7) is 3.53. The Bertz CT molecular complexity index is 532. The Balaban J connectivity index is 2.53. The second-order valence-electron chi connectivity index (χ2n) is 4.21. The molecule has 2 aromatic rings. The molecule has 100 valence electrons. The summed E-state index contributed by atoms with van der Waals surface area (Å²) in [6, 6.07) is 0. The first-order valence-corrected chi connectivity index (χ1v) is 6.72. The number of imidazole rings is 1. The topological polar surface area (TPSA) is 44.9 Å². The van der Waals surface area contributed by atoms with Gasteiger partial charge in [0.1, 0.15) is 11.3 Å². The van der Waals surface area contributed by atoms with Crippen molar-refractivity contribution < 1.29 is 4.74 Å². The van der Waals surface area contributed by atoms with Crippen LogP contribution in [-0.2, 0) is 31.2 Å². The second kappa shape index (κ2) is 5.71. The summed E-state index contributed by atoms with van der Waals surface area (Å²) in [4.78, 5) is 4.69. The number of hydrogen-bond donors (Lipinski definition) is 0. The zero-order valence-electron chi connectivity index (χ0n) is 11.1. The zero-order valence-corrected chi connectivity index (χ0v) is 11.9. The average molecular weight is 271 g/mol. The first-order valence-electron chi connectivity index (χ1n) is 6.18. The molecule has 18 heavy (non-hydrogen) atoms. The molecule has 0 aliphatic carbocycles. The molecular weight excluding hydrogens is 252 g/mol. The van der Waals surface area contributed by atoms with Gasteiger partial charge < -0.3 is 9.30 Å². The van der Waals surface area contributed by atoms with E-state index in [0.717, 1.165) is 42.1 Å². The Morgan fingerprint density at radius 2 is 2.17 bits per heavy atom. The molecule has 0 aromatic carbocycles. The predicted molar refractivity (Wildman–Crippen MR) is 72.2 cm³/mol. The molecule has 0 aliphatic rings. The summed E-state index contributed by atoms with van der Waals surface area (Å²) >= 11 is 5.84. The first kappa shape index (κ1) is 13.4. The van der Waals surface area contributed by atoms with E-state index < -0.39 is 0 Å². The van der Waals surface area contributed by atoms with Gasteiger partial charge in [0.2, 0.25) is 0 Å². The SMILES string of the molecule is CCc1nn(C)c2c1nc(CCCl)n2CCOC. The molecular formula is C12H19ClN4O. The lowest BCUT2D eigenvalue weighted by Gasteiger charge is -2.07. The summed E-state index contributed by atoms with van der Waals surface area (Å²) in [5.74, 6) is 1.59. The van der Waals surface area contributed by atoms with Crippen molar-refractivity contribution in [1.82, 2.24) is 19.3 Å². The van der Waals surface area contributed by atoms with Crippen LogP contribution in [0.5, 0.6) is 0 Å². The van der Waals surface area contributed by atoms with Gasteiger partial charge in [0.15, 0.2) is 5.65 Å². The molecule has 0 bridgehead atoms. The van der Waals surface area contributed by atoms with E-state index in [4.69, 9.17) is 16.3 Å². The van der Waals surface area contributed by atoms with E-state index in [-0.39, 0.29) is 0 Å². The highest BCUT2D eigenvalue weighted by Crippen LogP contribution is 2.20. The maximum absolute atomic E-state index is 5.84. The number of methoxy groups -OCH3 is 1. The largest absolute Gasteiger partial charge is 0.383 e. The standard InChI is InChI=1S/C12H19ClN4O/c1-4-9-11-12(16(2)15-9)17(7-8-18-3)10(14-11)5-6-13/h4-8H2,1-3H3. The molecule has 2 rings (SSSR count). The fourth-order valence-corrected chi connectivity index (χ4v) is 2.39. The zero-order chi connectivity index (χ0) is 13.1. The Kier molecular flexibility index (Phi) is 4.24. The highest BCUT2D eigenvalue weighted by atomic mass is 35.5. The van der Waals surface area contributed by atoms with E-state index in [1.165, 1.54) is 0 Å². The van der Waals surface area contributed by atoms with Crippen LogP contribution in [0.3, 0.4) is 0 Å². The van der Waals surface area contributed by atoms with Gasteiger partial charge >= 0.3 is 0 Å². The monoisotopic (exact) mass is 270 g/mol. The van der Waals surface area contributed by atoms with E-state index in [1.54, 1.807) is 7.11 Å². The van der Waals surface area contributed by atoms with E-state index in [0.29, 0.717) is 12.5 Å². The lowest BCUT2D eigenvalue weighted by molar-refractivity contribution is 0.187. The summed E-state index contributed by atoms with van der Waals surface area (Å²) in [5.41, 5.74) is 3.10. The number of aromatic nitrogens is 4. The number of alkyl halides is 1. The van der Waals surface area contributed by atoms with Crippen molar-refractivity contribution in [2.75, 3.05) is 19.6 Å². The fraction of sp³-hybridized carbons (Fsp3) is 0.667. The lowest BCUT2D eigenvalue weighted by Crippen LogP contribution is -2.11. The first-order chi connectivity index (χ1) is 8.72. The van der Waals surface area contributed by atoms with Crippen LogP contribution in [-0.4, -0.2) is 38.9 Å². The number of fused-ring (bicyclic) bond motifs is 1. The van der Waals surface area contributed by atoms with Gasteiger partial charge in [-0.25, -0.2) is 4.98 Å². The number of hydrogen-bond acceptors (Lipinski definition) is 3. The molecule has 0 saturated heterocycles. The average Bonchev–Trinajstić information content (AvgIpc) is 2.86. The van der Waals surface area contributed by atoms with Crippen molar-refractivity contribution in [3.8, 4) is 0 Å². The Morgan fingerprint density at radius 1 is 1.39 bits per heavy atom. The number of nitrogens with zero attached hydrogens (tertiary/aromatic N) is 4. The van der Waals surface area contributed by atoms with Crippen molar-refractivity contribution in [3.63, 3.8) is 0 Å². The van der Waals surface area contributed by atoms with Gasteiger partial charge in [-0.15, -0.1) is 11.6 Å². The summed E-state index contributed by atoms with van der Waals surface area (Å²) in [6.07, 6.45) is 1.65. The van der Waals surface area contributed by atoms with Crippen LogP contribution in [0, 0.1) is 0 Å². The molecule has 0 N–H and O–H groups in total. The Labute approximate surface area is 112 Å². The summed E-state index contributed by atoms with van der Waals surface area (Å²) in [5, 5.41) is 4.50. The van der Waals surface area contributed by atoms with E-state index >= 15 is 0 Å². The Morgan fingerprint density at radius 3 is 2.78 bits per heavy atom. The van der Waals surface area contributed by atoms with Gasteiger partial charge in [0.05, 0.1) is 12.3 Å². The predicted octanol–water partition coefficient (Wildman–Crippen LogP) is 1.76. The van der Waals surface area contributed by atoms with Crippen LogP contribution in [0.2, 0.25) is 0 Å².